The first kappa shape index (κ1) is 21.8. The molecule has 0 spiro atoms. The second kappa shape index (κ2) is 8.85. The minimum Gasteiger partial charge on any atom is -0.452 e. The van der Waals surface area contributed by atoms with Crippen LogP contribution in [0.3, 0.4) is 0 Å². The zero-order chi connectivity index (χ0) is 21.9. The number of nitrogens with zero attached hydrogens (tertiary/aromatic N) is 1. The summed E-state index contributed by atoms with van der Waals surface area (Å²) in [6.07, 6.45) is 1.11. The van der Waals surface area contributed by atoms with E-state index in [4.69, 9.17) is 4.74 Å². The number of rotatable bonds is 7. The fourth-order valence-electron chi connectivity index (χ4n) is 3.00. The van der Waals surface area contributed by atoms with Crippen LogP contribution in [-0.2, 0) is 25.9 Å². The average Bonchev–Trinajstić information content (AvgIpc) is 3.29. The van der Waals surface area contributed by atoms with Gasteiger partial charge in [0.1, 0.15) is 0 Å². The molecule has 0 aliphatic carbocycles. The molecule has 0 aliphatic heterocycles. The van der Waals surface area contributed by atoms with Gasteiger partial charge in [-0.3, -0.25) is 4.79 Å². The van der Waals surface area contributed by atoms with E-state index in [-0.39, 0.29) is 4.90 Å². The van der Waals surface area contributed by atoms with Crippen LogP contribution in [0.2, 0.25) is 0 Å². The molecule has 0 aliphatic rings. The lowest BCUT2D eigenvalue weighted by atomic mass is 10.2. The average molecular weight is 447 g/mol. The smallest absolute Gasteiger partial charge is 0.340 e. The molecular formula is C21H22N2O5S2. The zero-order valence-electron chi connectivity index (χ0n) is 16.8. The Morgan fingerprint density at radius 3 is 2.43 bits per heavy atom. The first-order valence-electron chi connectivity index (χ1n) is 9.11. The predicted molar refractivity (Wildman–Crippen MR) is 116 cm³/mol. The molecule has 0 saturated heterocycles. The standard InChI is InChI=1S/C21H22N2O5S2/c1-14-11-19(15(2)23(14)12-17-5-4-10-29-17)21(25)28-13-20(24)22-16-6-8-18(9-7-16)30(3,26)27/h4-11H,12-13H2,1-3H3,(H,22,24). The van der Waals surface area contributed by atoms with Crippen molar-refractivity contribution >= 4 is 38.7 Å². The van der Waals surface area contributed by atoms with Crippen molar-refractivity contribution in [3.63, 3.8) is 0 Å². The number of nitrogens with one attached hydrogen (secondary N) is 1. The fraction of sp³-hybridized carbons (Fsp3) is 0.238. The molecule has 1 N–H and O–H groups in total. The van der Waals surface area contributed by atoms with Gasteiger partial charge in [-0.15, -0.1) is 11.3 Å². The highest BCUT2D eigenvalue weighted by Gasteiger charge is 2.18. The number of hydrogen-bond acceptors (Lipinski definition) is 6. The Balaban J connectivity index is 1.59. The number of amides is 1. The van der Waals surface area contributed by atoms with Crippen LogP contribution in [0, 0.1) is 13.8 Å². The molecule has 3 rings (SSSR count). The van der Waals surface area contributed by atoms with Gasteiger partial charge in [0.05, 0.1) is 17.0 Å². The Kier molecular flexibility index (Phi) is 6.42. The van der Waals surface area contributed by atoms with E-state index in [0.717, 1.165) is 17.6 Å². The molecule has 1 amide bonds. The second-order valence-corrected chi connectivity index (χ2v) is 9.92. The summed E-state index contributed by atoms with van der Waals surface area (Å²) >= 11 is 1.65. The summed E-state index contributed by atoms with van der Waals surface area (Å²) < 4.78 is 30.1. The van der Waals surface area contributed by atoms with Crippen molar-refractivity contribution in [2.45, 2.75) is 25.3 Å². The molecule has 3 aromatic rings. The number of sulfone groups is 1. The topological polar surface area (TPSA) is 94.5 Å². The van der Waals surface area contributed by atoms with Gasteiger partial charge in [0.2, 0.25) is 0 Å². The summed E-state index contributed by atoms with van der Waals surface area (Å²) in [5.74, 6) is -1.08. The number of aromatic nitrogens is 1. The number of carbonyl (C=O) groups excluding carboxylic acids is 2. The van der Waals surface area contributed by atoms with Gasteiger partial charge in [0.15, 0.2) is 16.4 Å². The normalized spacial score (nSPS) is 11.3. The summed E-state index contributed by atoms with van der Waals surface area (Å²) in [4.78, 5) is 25.9. The Morgan fingerprint density at radius 1 is 1.13 bits per heavy atom. The van der Waals surface area contributed by atoms with Crippen LogP contribution in [0.15, 0.2) is 52.7 Å². The summed E-state index contributed by atoms with van der Waals surface area (Å²) in [5.41, 5.74) is 2.55. The fourth-order valence-corrected chi connectivity index (χ4v) is 4.32. The van der Waals surface area contributed by atoms with Crippen molar-refractivity contribution in [1.82, 2.24) is 4.57 Å². The van der Waals surface area contributed by atoms with Crippen LogP contribution in [-0.4, -0.2) is 37.7 Å². The van der Waals surface area contributed by atoms with Gasteiger partial charge >= 0.3 is 5.97 Å². The molecular weight excluding hydrogens is 424 g/mol. The Bertz CT molecular complexity index is 1160. The number of aryl methyl sites for hydroxylation is 1. The molecule has 7 nitrogen and oxygen atoms in total. The molecule has 0 atom stereocenters. The molecule has 158 valence electrons. The van der Waals surface area contributed by atoms with E-state index in [0.29, 0.717) is 17.8 Å². The number of thiophene rings is 1. The van der Waals surface area contributed by atoms with Crippen molar-refractivity contribution in [2.24, 2.45) is 0 Å². The van der Waals surface area contributed by atoms with E-state index in [1.54, 1.807) is 17.4 Å². The van der Waals surface area contributed by atoms with E-state index in [1.165, 1.54) is 29.1 Å². The number of benzene rings is 1. The SMILES string of the molecule is Cc1cc(C(=O)OCC(=O)Nc2ccc(S(C)(=O)=O)cc2)c(C)n1Cc1cccs1. The molecule has 30 heavy (non-hydrogen) atoms. The Labute approximate surface area is 179 Å². The lowest BCUT2D eigenvalue weighted by Gasteiger charge is -2.09. The third-order valence-corrected chi connectivity index (χ3v) is 6.58. The minimum atomic E-state index is -3.31. The molecule has 9 heteroatoms. The van der Waals surface area contributed by atoms with E-state index in [9.17, 15) is 18.0 Å². The molecule has 2 heterocycles. The van der Waals surface area contributed by atoms with Crippen LogP contribution in [0.5, 0.6) is 0 Å². The number of ether oxygens (including phenoxy) is 1. The van der Waals surface area contributed by atoms with Gasteiger partial charge in [-0.2, -0.15) is 0 Å². The monoisotopic (exact) mass is 446 g/mol. The van der Waals surface area contributed by atoms with Crippen molar-refractivity contribution in [3.05, 3.63) is 69.7 Å². The van der Waals surface area contributed by atoms with Gasteiger partial charge in [0.25, 0.3) is 5.91 Å². The second-order valence-electron chi connectivity index (χ2n) is 6.87. The predicted octanol–water partition coefficient (Wildman–Crippen LogP) is 3.41. The van der Waals surface area contributed by atoms with Crippen LogP contribution in [0.25, 0.3) is 0 Å². The van der Waals surface area contributed by atoms with E-state index >= 15 is 0 Å². The molecule has 1 aromatic carbocycles. The lowest BCUT2D eigenvalue weighted by Crippen LogP contribution is -2.21. The Hall–Kier alpha value is -2.91. The first-order chi connectivity index (χ1) is 14.1. The van der Waals surface area contributed by atoms with Crippen LogP contribution in [0.1, 0.15) is 26.6 Å². The highest BCUT2D eigenvalue weighted by molar-refractivity contribution is 7.90. The van der Waals surface area contributed by atoms with E-state index < -0.39 is 28.3 Å². The largest absolute Gasteiger partial charge is 0.452 e. The van der Waals surface area contributed by atoms with E-state index in [1.807, 2.05) is 35.9 Å². The summed E-state index contributed by atoms with van der Waals surface area (Å²) in [5, 5.41) is 4.58. The molecule has 0 saturated carbocycles. The van der Waals surface area contributed by atoms with Crippen LogP contribution < -0.4 is 5.32 Å². The van der Waals surface area contributed by atoms with Gasteiger partial charge in [-0.05, 0) is 55.6 Å². The van der Waals surface area contributed by atoms with Crippen molar-refractivity contribution in [1.29, 1.82) is 0 Å². The molecule has 0 unspecified atom stereocenters. The summed E-state index contributed by atoms with van der Waals surface area (Å²) in [7, 11) is -3.31. The van der Waals surface area contributed by atoms with Gasteiger partial charge < -0.3 is 14.6 Å². The lowest BCUT2D eigenvalue weighted by molar-refractivity contribution is -0.119. The summed E-state index contributed by atoms with van der Waals surface area (Å²) in [6, 6.07) is 11.5. The molecule has 0 fully saturated rings. The molecule has 2 aromatic heterocycles. The van der Waals surface area contributed by atoms with E-state index in [2.05, 4.69) is 5.32 Å². The highest BCUT2D eigenvalue weighted by atomic mass is 32.2. The Morgan fingerprint density at radius 2 is 1.83 bits per heavy atom. The van der Waals surface area contributed by atoms with Gasteiger partial charge in [-0.1, -0.05) is 6.07 Å². The zero-order valence-corrected chi connectivity index (χ0v) is 18.5. The van der Waals surface area contributed by atoms with Gasteiger partial charge in [-0.25, -0.2) is 13.2 Å². The number of hydrogen-bond donors (Lipinski definition) is 1. The highest BCUT2D eigenvalue weighted by Crippen LogP contribution is 2.20. The third-order valence-electron chi connectivity index (χ3n) is 4.59. The quantitative estimate of drug-likeness (QED) is 0.561. The number of esters is 1. The van der Waals surface area contributed by atoms with Crippen molar-refractivity contribution in [3.8, 4) is 0 Å². The summed E-state index contributed by atoms with van der Waals surface area (Å²) in [6.45, 7) is 4.00. The van der Waals surface area contributed by atoms with Crippen LogP contribution in [0.4, 0.5) is 5.69 Å². The maximum absolute atomic E-state index is 12.5. The van der Waals surface area contributed by atoms with Crippen molar-refractivity contribution in [2.75, 3.05) is 18.2 Å². The van der Waals surface area contributed by atoms with Crippen molar-refractivity contribution < 1.29 is 22.7 Å². The first-order valence-corrected chi connectivity index (χ1v) is 11.9. The molecule has 0 bridgehead atoms. The minimum absolute atomic E-state index is 0.157. The third kappa shape index (κ3) is 5.17. The maximum atomic E-state index is 12.5. The maximum Gasteiger partial charge on any atom is 0.340 e. The van der Waals surface area contributed by atoms with Crippen LogP contribution >= 0.6 is 11.3 Å². The number of carbonyl (C=O) groups is 2. The molecule has 0 radical (unpaired) electrons. The number of anilines is 1. The van der Waals surface area contributed by atoms with Gasteiger partial charge in [0, 0.05) is 28.2 Å².